The number of carbonyl (C=O) groups is 2. The zero-order chi connectivity index (χ0) is 20.7. The molecule has 0 bridgehead atoms. The minimum atomic E-state index is -0.373. The maximum atomic E-state index is 12.9. The van der Waals surface area contributed by atoms with E-state index in [0.717, 1.165) is 5.56 Å². The molecule has 0 atom stereocenters. The first kappa shape index (κ1) is 21.6. The number of hydrogen-bond acceptors (Lipinski definition) is 3. The van der Waals surface area contributed by atoms with Gasteiger partial charge in [-0.25, -0.2) is 4.39 Å². The number of nitrogens with one attached hydrogen (secondary N) is 2. The molecule has 0 spiro atoms. The van der Waals surface area contributed by atoms with Crippen LogP contribution in [0.2, 0.25) is 0 Å². The van der Waals surface area contributed by atoms with Crippen molar-refractivity contribution in [2.45, 2.75) is 32.7 Å². The maximum Gasteiger partial charge on any atom is 0.243 e. The highest BCUT2D eigenvalue weighted by Crippen LogP contribution is 2.22. The lowest BCUT2D eigenvalue weighted by Gasteiger charge is -2.20. The molecule has 0 aliphatic carbocycles. The molecule has 0 saturated carbocycles. The number of nitrogens with zero attached hydrogens (tertiary/aromatic N) is 1. The summed E-state index contributed by atoms with van der Waals surface area (Å²) in [6.45, 7) is 7.20. The number of hydrogen-bond donors (Lipinski definition) is 2. The topological polar surface area (TPSA) is 61.4 Å². The predicted molar refractivity (Wildman–Crippen MR) is 110 cm³/mol. The van der Waals surface area contributed by atoms with Crippen molar-refractivity contribution >= 4 is 17.5 Å². The van der Waals surface area contributed by atoms with E-state index >= 15 is 0 Å². The van der Waals surface area contributed by atoms with Crippen LogP contribution in [0.15, 0.2) is 48.5 Å². The van der Waals surface area contributed by atoms with Crippen molar-refractivity contribution in [1.29, 1.82) is 0 Å². The molecule has 2 amide bonds. The number of halogens is 1. The molecule has 5 nitrogen and oxygen atoms in total. The number of amides is 2. The number of anilines is 1. The van der Waals surface area contributed by atoms with E-state index in [1.54, 1.807) is 0 Å². The third-order valence-electron chi connectivity index (χ3n) is 4.26. The average Bonchev–Trinajstić information content (AvgIpc) is 2.61. The molecule has 0 aliphatic rings. The van der Waals surface area contributed by atoms with E-state index in [9.17, 15) is 14.0 Å². The zero-order valence-electron chi connectivity index (χ0n) is 16.9. The highest BCUT2D eigenvalue weighted by molar-refractivity contribution is 5.94. The molecule has 28 heavy (non-hydrogen) atoms. The first-order valence-electron chi connectivity index (χ1n) is 9.23. The molecule has 0 aliphatic heterocycles. The highest BCUT2D eigenvalue weighted by atomic mass is 19.1. The molecule has 0 unspecified atom stereocenters. The van der Waals surface area contributed by atoms with Crippen LogP contribution in [-0.2, 0) is 21.5 Å². The van der Waals surface area contributed by atoms with Crippen molar-refractivity contribution in [1.82, 2.24) is 10.2 Å². The molecular formula is C22H28FN3O2. The SMILES string of the molecule is CN(CC(=O)NCC(=O)Nc1ccc(F)cc1)Cc1ccc(C(C)(C)C)cc1. The molecule has 2 aromatic carbocycles. The highest BCUT2D eigenvalue weighted by Gasteiger charge is 2.14. The minimum absolute atomic E-state index is 0.110. The normalized spacial score (nSPS) is 11.4. The molecule has 0 fully saturated rings. The first-order chi connectivity index (χ1) is 13.1. The van der Waals surface area contributed by atoms with Gasteiger partial charge in [0.1, 0.15) is 5.82 Å². The summed E-state index contributed by atoms with van der Waals surface area (Å²) in [5.41, 5.74) is 2.98. The van der Waals surface area contributed by atoms with Gasteiger partial charge in [-0.3, -0.25) is 14.5 Å². The molecule has 2 rings (SSSR count). The van der Waals surface area contributed by atoms with Gasteiger partial charge in [-0.2, -0.15) is 0 Å². The Kier molecular flexibility index (Phi) is 7.29. The summed E-state index contributed by atoms with van der Waals surface area (Å²) in [7, 11) is 1.86. The summed E-state index contributed by atoms with van der Waals surface area (Å²) >= 11 is 0. The lowest BCUT2D eigenvalue weighted by molar-refractivity contribution is -0.124. The Hall–Kier alpha value is -2.73. The van der Waals surface area contributed by atoms with Gasteiger partial charge < -0.3 is 10.6 Å². The molecule has 2 aromatic rings. The molecule has 0 saturated heterocycles. The Morgan fingerprint density at radius 1 is 0.964 bits per heavy atom. The van der Waals surface area contributed by atoms with Crippen LogP contribution in [0.3, 0.4) is 0 Å². The monoisotopic (exact) mass is 385 g/mol. The third-order valence-corrected chi connectivity index (χ3v) is 4.26. The molecule has 0 radical (unpaired) electrons. The van der Waals surface area contributed by atoms with E-state index in [0.29, 0.717) is 12.2 Å². The zero-order valence-corrected chi connectivity index (χ0v) is 16.9. The Morgan fingerprint density at radius 3 is 2.14 bits per heavy atom. The lowest BCUT2D eigenvalue weighted by atomic mass is 9.87. The Morgan fingerprint density at radius 2 is 1.57 bits per heavy atom. The summed E-state index contributed by atoms with van der Waals surface area (Å²) < 4.78 is 12.9. The lowest BCUT2D eigenvalue weighted by Crippen LogP contribution is -2.39. The van der Waals surface area contributed by atoms with Crippen LogP contribution >= 0.6 is 0 Å². The van der Waals surface area contributed by atoms with Gasteiger partial charge in [0.05, 0.1) is 13.1 Å². The van der Waals surface area contributed by atoms with Crippen LogP contribution in [0.5, 0.6) is 0 Å². The van der Waals surface area contributed by atoms with Crippen LogP contribution in [0.25, 0.3) is 0 Å². The summed E-state index contributed by atoms with van der Waals surface area (Å²) in [6, 6.07) is 13.8. The van der Waals surface area contributed by atoms with Crippen molar-refractivity contribution in [3.05, 3.63) is 65.5 Å². The maximum absolute atomic E-state index is 12.9. The van der Waals surface area contributed by atoms with E-state index in [2.05, 4.69) is 55.7 Å². The standard InChI is InChI=1S/C22H28FN3O2/c1-22(2,3)17-7-5-16(6-8-17)14-26(4)15-21(28)24-13-20(27)25-19-11-9-18(23)10-12-19/h5-12H,13-15H2,1-4H3,(H,24,28)(H,25,27). The minimum Gasteiger partial charge on any atom is -0.346 e. The number of carbonyl (C=O) groups excluding carboxylic acids is 2. The quantitative estimate of drug-likeness (QED) is 0.769. The fourth-order valence-electron chi connectivity index (χ4n) is 2.70. The molecule has 6 heteroatoms. The second-order valence-corrected chi connectivity index (χ2v) is 7.95. The Labute approximate surface area is 165 Å². The second kappa shape index (κ2) is 9.46. The molecule has 0 aromatic heterocycles. The van der Waals surface area contributed by atoms with Crippen LogP contribution < -0.4 is 10.6 Å². The summed E-state index contributed by atoms with van der Waals surface area (Å²) in [4.78, 5) is 25.8. The summed E-state index contributed by atoms with van der Waals surface area (Å²) in [5, 5.41) is 5.19. The van der Waals surface area contributed by atoms with E-state index in [-0.39, 0.29) is 36.1 Å². The largest absolute Gasteiger partial charge is 0.346 e. The van der Waals surface area contributed by atoms with Gasteiger partial charge in [-0.15, -0.1) is 0 Å². The predicted octanol–water partition coefficient (Wildman–Crippen LogP) is 3.31. The van der Waals surface area contributed by atoms with E-state index in [1.807, 2.05) is 11.9 Å². The van der Waals surface area contributed by atoms with E-state index < -0.39 is 0 Å². The van der Waals surface area contributed by atoms with Gasteiger partial charge >= 0.3 is 0 Å². The molecule has 150 valence electrons. The number of likely N-dealkylation sites (N-methyl/N-ethyl adjacent to an activating group) is 1. The van der Waals surface area contributed by atoms with Gasteiger partial charge in [0.15, 0.2) is 0 Å². The first-order valence-corrected chi connectivity index (χ1v) is 9.23. The average molecular weight is 385 g/mol. The van der Waals surface area contributed by atoms with E-state index in [4.69, 9.17) is 0 Å². The van der Waals surface area contributed by atoms with Crippen molar-refractivity contribution in [3.8, 4) is 0 Å². The van der Waals surface area contributed by atoms with Crippen LogP contribution in [-0.4, -0.2) is 36.9 Å². The van der Waals surface area contributed by atoms with Gasteiger partial charge in [-0.05, 0) is 47.9 Å². The van der Waals surface area contributed by atoms with Crippen molar-refractivity contribution in [2.24, 2.45) is 0 Å². The van der Waals surface area contributed by atoms with Gasteiger partial charge in [0.25, 0.3) is 0 Å². The summed E-state index contributed by atoms with van der Waals surface area (Å²) in [5.74, 6) is -0.967. The number of benzene rings is 2. The van der Waals surface area contributed by atoms with Gasteiger partial charge in [0, 0.05) is 12.2 Å². The van der Waals surface area contributed by atoms with Gasteiger partial charge in [-0.1, -0.05) is 45.0 Å². The van der Waals surface area contributed by atoms with Crippen LogP contribution in [0.1, 0.15) is 31.9 Å². The van der Waals surface area contributed by atoms with E-state index in [1.165, 1.54) is 29.8 Å². The molecular weight excluding hydrogens is 357 g/mol. The van der Waals surface area contributed by atoms with Crippen LogP contribution in [0, 0.1) is 5.82 Å². The Balaban J connectivity index is 1.74. The van der Waals surface area contributed by atoms with Crippen molar-refractivity contribution in [2.75, 3.05) is 25.5 Å². The third kappa shape index (κ3) is 7.12. The van der Waals surface area contributed by atoms with Crippen molar-refractivity contribution < 1.29 is 14.0 Å². The van der Waals surface area contributed by atoms with Crippen LogP contribution in [0.4, 0.5) is 10.1 Å². The fourth-order valence-corrected chi connectivity index (χ4v) is 2.70. The van der Waals surface area contributed by atoms with Gasteiger partial charge in [0.2, 0.25) is 11.8 Å². The summed E-state index contributed by atoms with van der Waals surface area (Å²) in [6.07, 6.45) is 0. The smallest absolute Gasteiger partial charge is 0.243 e. The molecule has 2 N–H and O–H groups in total. The Bertz CT molecular complexity index is 796. The second-order valence-electron chi connectivity index (χ2n) is 7.95. The molecule has 0 heterocycles. The number of rotatable bonds is 7. The van der Waals surface area contributed by atoms with Crippen molar-refractivity contribution in [3.63, 3.8) is 0 Å². The fraction of sp³-hybridized carbons (Fsp3) is 0.364.